The maximum absolute atomic E-state index is 12.1. The first-order valence-corrected chi connectivity index (χ1v) is 9.63. The Morgan fingerprint density at radius 3 is 2.68 bits per heavy atom. The summed E-state index contributed by atoms with van der Waals surface area (Å²) in [6.45, 7) is 6.82. The number of fused-ring (bicyclic) bond motifs is 1. The zero-order valence-corrected chi connectivity index (χ0v) is 17.3. The van der Waals surface area contributed by atoms with E-state index in [-0.39, 0.29) is 17.9 Å². The molecule has 1 heterocycles. The van der Waals surface area contributed by atoms with Gasteiger partial charge in [0.05, 0.1) is 19.7 Å². The Balaban J connectivity index is 1.63. The van der Waals surface area contributed by atoms with Gasteiger partial charge in [-0.25, -0.2) is 5.43 Å². The van der Waals surface area contributed by atoms with Crippen LogP contribution in [0.3, 0.4) is 0 Å². The number of hydrogen-bond acceptors (Lipinski definition) is 4. The van der Waals surface area contributed by atoms with Crippen molar-refractivity contribution in [2.24, 2.45) is 5.10 Å². The number of methoxy groups -OCH3 is 1. The molecule has 1 atom stereocenters. The zero-order valence-electron chi connectivity index (χ0n) is 17.3. The van der Waals surface area contributed by atoms with E-state index >= 15 is 0 Å². The minimum Gasteiger partial charge on any atom is -0.497 e. The standard InChI is InChI=1S/C23H29N3O2/c1-16-14-23(2,3)26(4)21-11-8-18(12-20(16)21)15-24-25-22(27)13-17-6-9-19(28-5)10-7-17/h6-12,15-16H,13-14H2,1-5H3,(H,25,27)/b24-15+. The Hall–Kier alpha value is -2.82. The number of nitrogens with zero attached hydrogens (tertiary/aromatic N) is 2. The monoisotopic (exact) mass is 379 g/mol. The summed E-state index contributed by atoms with van der Waals surface area (Å²) in [7, 11) is 3.77. The number of benzene rings is 2. The number of rotatable bonds is 5. The molecule has 1 N–H and O–H groups in total. The smallest absolute Gasteiger partial charge is 0.244 e. The molecule has 2 aromatic carbocycles. The summed E-state index contributed by atoms with van der Waals surface area (Å²) >= 11 is 0. The third-order valence-corrected chi connectivity index (χ3v) is 5.58. The number of hydrogen-bond donors (Lipinski definition) is 1. The van der Waals surface area contributed by atoms with Gasteiger partial charge in [0.2, 0.25) is 5.91 Å². The van der Waals surface area contributed by atoms with Gasteiger partial charge in [-0.15, -0.1) is 0 Å². The molecule has 1 aliphatic heterocycles. The minimum absolute atomic E-state index is 0.144. The normalized spacial score (nSPS) is 18.0. The fourth-order valence-corrected chi connectivity index (χ4v) is 3.82. The van der Waals surface area contributed by atoms with E-state index in [0.29, 0.717) is 5.92 Å². The molecule has 2 aromatic rings. The fraction of sp³-hybridized carbons (Fsp3) is 0.391. The maximum Gasteiger partial charge on any atom is 0.244 e. The largest absolute Gasteiger partial charge is 0.497 e. The Morgan fingerprint density at radius 1 is 1.29 bits per heavy atom. The molecule has 0 bridgehead atoms. The second-order valence-electron chi connectivity index (χ2n) is 8.11. The van der Waals surface area contributed by atoms with Gasteiger partial charge in [0.15, 0.2) is 0 Å². The van der Waals surface area contributed by atoms with Gasteiger partial charge in [0.1, 0.15) is 5.75 Å². The predicted molar refractivity (Wildman–Crippen MR) is 114 cm³/mol. The van der Waals surface area contributed by atoms with Gasteiger partial charge in [0, 0.05) is 18.3 Å². The number of nitrogens with one attached hydrogen (secondary N) is 1. The van der Waals surface area contributed by atoms with Crippen molar-refractivity contribution in [2.45, 2.75) is 45.1 Å². The number of amides is 1. The van der Waals surface area contributed by atoms with Crippen molar-refractivity contribution < 1.29 is 9.53 Å². The first-order chi connectivity index (χ1) is 13.3. The second-order valence-corrected chi connectivity index (χ2v) is 8.11. The van der Waals surface area contributed by atoms with Crippen LogP contribution in [0.25, 0.3) is 0 Å². The molecule has 1 aliphatic rings. The van der Waals surface area contributed by atoms with Crippen molar-refractivity contribution in [2.75, 3.05) is 19.1 Å². The highest BCUT2D eigenvalue weighted by Crippen LogP contribution is 2.42. The van der Waals surface area contributed by atoms with Gasteiger partial charge in [-0.1, -0.05) is 25.1 Å². The van der Waals surface area contributed by atoms with Gasteiger partial charge < -0.3 is 9.64 Å². The average molecular weight is 380 g/mol. The molecule has 1 unspecified atom stereocenters. The Bertz CT molecular complexity index is 872. The van der Waals surface area contributed by atoms with Crippen LogP contribution >= 0.6 is 0 Å². The summed E-state index contributed by atoms with van der Waals surface area (Å²) in [5.41, 5.74) is 7.27. The minimum atomic E-state index is -0.144. The third kappa shape index (κ3) is 4.35. The third-order valence-electron chi connectivity index (χ3n) is 5.58. The van der Waals surface area contributed by atoms with E-state index in [0.717, 1.165) is 23.3 Å². The van der Waals surface area contributed by atoms with Gasteiger partial charge in [-0.2, -0.15) is 5.10 Å². The van der Waals surface area contributed by atoms with Gasteiger partial charge in [-0.05, 0) is 67.1 Å². The molecule has 0 saturated carbocycles. The highest BCUT2D eigenvalue weighted by Gasteiger charge is 2.33. The van der Waals surface area contributed by atoms with Crippen LogP contribution in [-0.4, -0.2) is 31.8 Å². The Morgan fingerprint density at radius 2 is 2.00 bits per heavy atom. The van der Waals surface area contributed by atoms with Crippen LogP contribution in [0, 0.1) is 0 Å². The van der Waals surface area contributed by atoms with Crippen LogP contribution in [0.5, 0.6) is 5.75 Å². The lowest BCUT2D eigenvalue weighted by Crippen LogP contribution is -2.45. The molecule has 28 heavy (non-hydrogen) atoms. The van der Waals surface area contributed by atoms with Gasteiger partial charge in [-0.3, -0.25) is 4.79 Å². The van der Waals surface area contributed by atoms with Gasteiger partial charge in [0.25, 0.3) is 0 Å². The molecule has 0 saturated heterocycles. The van der Waals surface area contributed by atoms with Crippen LogP contribution in [0.2, 0.25) is 0 Å². The van der Waals surface area contributed by atoms with Crippen molar-refractivity contribution in [1.82, 2.24) is 5.43 Å². The van der Waals surface area contributed by atoms with Crippen LogP contribution in [0.1, 0.15) is 49.8 Å². The number of ether oxygens (including phenoxy) is 1. The molecular formula is C23H29N3O2. The highest BCUT2D eigenvalue weighted by molar-refractivity contribution is 5.84. The quantitative estimate of drug-likeness (QED) is 0.628. The molecule has 5 nitrogen and oxygen atoms in total. The van der Waals surface area contributed by atoms with Crippen LogP contribution in [0.15, 0.2) is 47.6 Å². The highest BCUT2D eigenvalue weighted by atomic mass is 16.5. The lowest BCUT2D eigenvalue weighted by molar-refractivity contribution is -0.120. The van der Waals surface area contributed by atoms with E-state index in [2.05, 4.69) is 55.4 Å². The molecule has 148 valence electrons. The van der Waals surface area contributed by atoms with Crippen LogP contribution in [-0.2, 0) is 11.2 Å². The fourth-order valence-electron chi connectivity index (χ4n) is 3.82. The number of carbonyl (C=O) groups excluding carboxylic acids is 1. The first kappa shape index (κ1) is 19.9. The van der Waals surface area contributed by atoms with E-state index < -0.39 is 0 Å². The molecule has 3 rings (SSSR count). The van der Waals surface area contributed by atoms with Crippen LogP contribution in [0.4, 0.5) is 5.69 Å². The van der Waals surface area contributed by atoms with E-state index in [1.165, 1.54) is 11.3 Å². The van der Waals surface area contributed by atoms with E-state index in [1.54, 1.807) is 13.3 Å². The lowest BCUT2D eigenvalue weighted by atomic mass is 9.80. The molecule has 0 spiro atoms. The lowest BCUT2D eigenvalue weighted by Gasteiger charge is -2.45. The first-order valence-electron chi connectivity index (χ1n) is 9.63. The summed E-state index contributed by atoms with van der Waals surface area (Å²) in [5, 5.41) is 4.13. The summed E-state index contributed by atoms with van der Waals surface area (Å²) < 4.78 is 5.13. The molecule has 0 aromatic heterocycles. The number of carbonyl (C=O) groups is 1. The molecule has 0 fully saturated rings. The molecule has 0 radical (unpaired) electrons. The second kappa shape index (κ2) is 8.05. The molecule has 5 heteroatoms. The Kier molecular flexibility index (Phi) is 5.73. The number of anilines is 1. The van der Waals surface area contributed by atoms with Crippen molar-refractivity contribution in [3.05, 3.63) is 59.2 Å². The number of hydrazone groups is 1. The Labute approximate surface area is 167 Å². The zero-order chi connectivity index (χ0) is 20.3. The van der Waals surface area contributed by atoms with E-state index in [1.807, 2.05) is 30.3 Å². The van der Waals surface area contributed by atoms with Crippen molar-refractivity contribution in [1.29, 1.82) is 0 Å². The molecular weight excluding hydrogens is 350 g/mol. The summed E-state index contributed by atoms with van der Waals surface area (Å²) in [6.07, 6.45) is 3.09. The van der Waals surface area contributed by atoms with Crippen molar-refractivity contribution in [3.8, 4) is 5.75 Å². The van der Waals surface area contributed by atoms with E-state index in [4.69, 9.17) is 4.74 Å². The van der Waals surface area contributed by atoms with Crippen molar-refractivity contribution in [3.63, 3.8) is 0 Å². The average Bonchev–Trinajstić information content (AvgIpc) is 2.66. The van der Waals surface area contributed by atoms with Crippen molar-refractivity contribution >= 4 is 17.8 Å². The topological polar surface area (TPSA) is 53.9 Å². The SMILES string of the molecule is COc1ccc(CC(=O)N/N=C/c2ccc3c(c2)C(C)CC(C)(C)N3C)cc1. The predicted octanol–water partition coefficient (Wildman–Crippen LogP) is 4.11. The van der Waals surface area contributed by atoms with Crippen LogP contribution < -0.4 is 15.1 Å². The summed E-state index contributed by atoms with van der Waals surface area (Å²) in [5.74, 6) is 1.12. The molecule has 0 aliphatic carbocycles. The summed E-state index contributed by atoms with van der Waals surface area (Å²) in [4.78, 5) is 14.4. The summed E-state index contributed by atoms with van der Waals surface area (Å²) in [6, 6.07) is 13.8. The van der Waals surface area contributed by atoms with Gasteiger partial charge >= 0.3 is 0 Å². The van der Waals surface area contributed by atoms with E-state index in [9.17, 15) is 4.79 Å². The maximum atomic E-state index is 12.1. The molecule has 1 amide bonds.